The van der Waals surface area contributed by atoms with Crippen molar-refractivity contribution >= 4 is 29.1 Å². The molecular formula is C30H29ClFNO4. The van der Waals surface area contributed by atoms with E-state index in [4.69, 9.17) is 16.3 Å². The number of halogens is 2. The fourth-order valence-electron chi connectivity index (χ4n) is 4.49. The summed E-state index contributed by atoms with van der Waals surface area (Å²) < 4.78 is 18.5. The molecule has 0 aliphatic carbocycles. The van der Waals surface area contributed by atoms with Crippen LogP contribution in [-0.4, -0.2) is 35.4 Å². The van der Waals surface area contributed by atoms with Crippen LogP contribution in [0.1, 0.15) is 49.1 Å². The minimum atomic E-state index is -0.796. The van der Waals surface area contributed by atoms with Crippen molar-refractivity contribution in [1.82, 2.24) is 4.90 Å². The van der Waals surface area contributed by atoms with Crippen LogP contribution >= 0.6 is 11.6 Å². The average molecular weight is 522 g/mol. The largest absolute Gasteiger partial charge is 0.507 e. The second-order valence-electron chi connectivity index (χ2n) is 10.1. The third kappa shape index (κ3) is 5.39. The van der Waals surface area contributed by atoms with Crippen molar-refractivity contribution in [3.8, 4) is 5.75 Å². The molecule has 1 saturated heterocycles. The standard InChI is InChI=1S/C30H29ClFNO4/c1-30(2,3)21-10-7-19(8-11-21)26-25(27(34)20-9-14-24(37-4)23(31)17-20)28(35)29(36)33(26)16-15-18-5-12-22(32)13-6-18/h5-14,17,26,34H,15-16H2,1-4H3/b27-25-. The minimum Gasteiger partial charge on any atom is -0.507 e. The molecule has 3 aromatic carbocycles. The number of benzene rings is 3. The lowest BCUT2D eigenvalue weighted by atomic mass is 9.85. The van der Waals surface area contributed by atoms with Gasteiger partial charge in [0.15, 0.2) is 0 Å². The second kappa shape index (κ2) is 10.4. The van der Waals surface area contributed by atoms with Gasteiger partial charge < -0.3 is 14.7 Å². The summed E-state index contributed by atoms with van der Waals surface area (Å²) in [5.74, 6) is -1.70. The van der Waals surface area contributed by atoms with Gasteiger partial charge in [-0.1, -0.05) is 68.8 Å². The van der Waals surface area contributed by atoms with E-state index < -0.39 is 17.7 Å². The Morgan fingerprint density at radius 3 is 2.24 bits per heavy atom. The maximum Gasteiger partial charge on any atom is 0.295 e. The molecular weight excluding hydrogens is 493 g/mol. The zero-order valence-corrected chi connectivity index (χ0v) is 22.0. The lowest BCUT2D eigenvalue weighted by Crippen LogP contribution is -2.31. The van der Waals surface area contributed by atoms with E-state index in [1.165, 1.54) is 30.2 Å². The van der Waals surface area contributed by atoms with Crippen LogP contribution < -0.4 is 4.74 Å². The van der Waals surface area contributed by atoms with Crippen molar-refractivity contribution in [3.05, 3.63) is 105 Å². The number of carbonyl (C=O) groups is 2. The number of ether oxygens (including phenoxy) is 1. The summed E-state index contributed by atoms with van der Waals surface area (Å²) in [4.78, 5) is 28.0. The first kappa shape index (κ1) is 26.4. The first-order valence-electron chi connectivity index (χ1n) is 12.0. The molecule has 3 aromatic rings. The van der Waals surface area contributed by atoms with E-state index in [1.807, 2.05) is 24.3 Å². The molecule has 1 fully saturated rings. The Morgan fingerprint density at radius 1 is 1.03 bits per heavy atom. The summed E-state index contributed by atoms with van der Waals surface area (Å²) in [5.41, 5.74) is 2.84. The number of hydrogen-bond donors (Lipinski definition) is 1. The SMILES string of the molecule is COc1ccc(/C(O)=C2/C(=O)C(=O)N(CCc3ccc(F)cc3)C2c2ccc(C(C)(C)C)cc2)cc1Cl. The molecule has 0 spiro atoms. The van der Waals surface area contributed by atoms with Gasteiger partial charge in [0.05, 0.1) is 23.7 Å². The van der Waals surface area contributed by atoms with Gasteiger partial charge in [-0.25, -0.2) is 4.39 Å². The van der Waals surface area contributed by atoms with E-state index in [0.717, 1.165) is 11.1 Å². The first-order chi connectivity index (χ1) is 17.5. The van der Waals surface area contributed by atoms with E-state index >= 15 is 0 Å². The number of ketones is 1. The van der Waals surface area contributed by atoms with Crippen molar-refractivity contribution in [2.24, 2.45) is 0 Å². The zero-order valence-electron chi connectivity index (χ0n) is 21.2. The molecule has 7 heteroatoms. The van der Waals surface area contributed by atoms with E-state index in [9.17, 15) is 19.1 Å². The predicted octanol–water partition coefficient (Wildman–Crippen LogP) is 6.45. The lowest BCUT2D eigenvalue weighted by Gasteiger charge is -2.26. The molecule has 1 unspecified atom stereocenters. The van der Waals surface area contributed by atoms with E-state index in [0.29, 0.717) is 23.3 Å². The number of methoxy groups -OCH3 is 1. The number of amides is 1. The van der Waals surface area contributed by atoms with Gasteiger partial charge in [-0.3, -0.25) is 9.59 Å². The molecule has 0 radical (unpaired) electrons. The molecule has 1 N–H and O–H groups in total. The maximum atomic E-state index is 13.4. The highest BCUT2D eigenvalue weighted by molar-refractivity contribution is 6.46. The number of Topliss-reactive ketones (excluding diaryl/α,β-unsaturated/α-hetero) is 1. The van der Waals surface area contributed by atoms with Gasteiger partial charge in [-0.05, 0) is 58.9 Å². The Labute approximate surface area is 221 Å². The Hall–Kier alpha value is -3.64. The van der Waals surface area contributed by atoms with Crippen LogP contribution in [0.3, 0.4) is 0 Å². The average Bonchev–Trinajstić information content (AvgIpc) is 3.12. The molecule has 1 heterocycles. The summed E-state index contributed by atoms with van der Waals surface area (Å²) in [5, 5.41) is 11.6. The van der Waals surface area contributed by atoms with Crippen molar-refractivity contribution in [2.45, 2.75) is 38.6 Å². The van der Waals surface area contributed by atoms with Crippen LogP contribution in [-0.2, 0) is 21.4 Å². The van der Waals surface area contributed by atoms with Gasteiger partial charge >= 0.3 is 0 Å². The van der Waals surface area contributed by atoms with Gasteiger partial charge in [0.1, 0.15) is 17.3 Å². The van der Waals surface area contributed by atoms with Gasteiger partial charge in [-0.15, -0.1) is 0 Å². The molecule has 1 aliphatic heterocycles. The number of hydrogen-bond acceptors (Lipinski definition) is 4. The molecule has 1 aliphatic rings. The molecule has 0 aromatic heterocycles. The van der Waals surface area contributed by atoms with Crippen molar-refractivity contribution in [1.29, 1.82) is 0 Å². The summed E-state index contributed by atoms with van der Waals surface area (Å²) in [6.45, 7) is 6.51. The van der Waals surface area contributed by atoms with Crippen LogP contribution in [0.4, 0.5) is 4.39 Å². The lowest BCUT2D eigenvalue weighted by molar-refractivity contribution is -0.139. The normalized spacial score (nSPS) is 17.4. The first-order valence-corrected chi connectivity index (χ1v) is 12.4. The molecule has 5 nitrogen and oxygen atoms in total. The van der Waals surface area contributed by atoms with Crippen molar-refractivity contribution in [3.63, 3.8) is 0 Å². The maximum absolute atomic E-state index is 13.4. The Bertz CT molecular complexity index is 1360. The summed E-state index contributed by atoms with van der Waals surface area (Å²) >= 11 is 6.27. The number of carbonyl (C=O) groups excluding carboxylic acids is 2. The van der Waals surface area contributed by atoms with Crippen molar-refractivity contribution in [2.75, 3.05) is 13.7 Å². The van der Waals surface area contributed by atoms with Crippen LogP contribution in [0.25, 0.3) is 5.76 Å². The Kier molecular flexibility index (Phi) is 7.42. The molecule has 37 heavy (non-hydrogen) atoms. The molecule has 192 valence electrons. The monoisotopic (exact) mass is 521 g/mol. The van der Waals surface area contributed by atoms with Gasteiger partial charge in [0.2, 0.25) is 0 Å². The molecule has 1 amide bonds. The zero-order chi connectivity index (χ0) is 26.9. The summed E-state index contributed by atoms with van der Waals surface area (Å²) in [6, 6.07) is 17.6. The molecule has 0 bridgehead atoms. The number of likely N-dealkylation sites (tertiary alicyclic amines) is 1. The Balaban J connectivity index is 1.79. The van der Waals surface area contributed by atoms with E-state index in [2.05, 4.69) is 20.8 Å². The minimum absolute atomic E-state index is 0.00570. The van der Waals surface area contributed by atoms with Gasteiger partial charge in [-0.2, -0.15) is 0 Å². The molecule has 1 atom stereocenters. The van der Waals surface area contributed by atoms with Crippen molar-refractivity contribution < 1.29 is 23.8 Å². The van der Waals surface area contributed by atoms with Gasteiger partial charge in [0, 0.05) is 12.1 Å². The number of nitrogens with zero attached hydrogens (tertiary/aromatic N) is 1. The predicted molar refractivity (Wildman–Crippen MR) is 142 cm³/mol. The number of aliphatic hydroxyl groups excluding tert-OH is 1. The van der Waals surface area contributed by atoms with E-state index in [1.54, 1.807) is 24.3 Å². The summed E-state index contributed by atoms with van der Waals surface area (Å²) in [6.07, 6.45) is 0.415. The fraction of sp³-hybridized carbons (Fsp3) is 0.267. The summed E-state index contributed by atoms with van der Waals surface area (Å²) in [7, 11) is 1.48. The highest BCUT2D eigenvalue weighted by Gasteiger charge is 2.46. The smallest absolute Gasteiger partial charge is 0.295 e. The Morgan fingerprint density at radius 2 is 1.68 bits per heavy atom. The molecule has 4 rings (SSSR count). The fourth-order valence-corrected chi connectivity index (χ4v) is 4.75. The highest BCUT2D eigenvalue weighted by Crippen LogP contribution is 2.41. The van der Waals surface area contributed by atoms with Crippen LogP contribution in [0.15, 0.2) is 72.3 Å². The van der Waals surface area contributed by atoms with E-state index in [-0.39, 0.29) is 34.1 Å². The van der Waals surface area contributed by atoms with Crippen LogP contribution in [0, 0.1) is 5.82 Å². The second-order valence-corrected chi connectivity index (χ2v) is 10.5. The third-order valence-corrected chi connectivity index (χ3v) is 6.91. The van der Waals surface area contributed by atoms with Gasteiger partial charge in [0.25, 0.3) is 11.7 Å². The molecule has 0 saturated carbocycles. The van der Waals surface area contributed by atoms with Crippen LogP contribution in [0.5, 0.6) is 5.75 Å². The highest BCUT2D eigenvalue weighted by atomic mass is 35.5. The number of rotatable bonds is 6. The van der Waals surface area contributed by atoms with Crippen LogP contribution in [0.2, 0.25) is 5.02 Å². The number of aliphatic hydroxyl groups is 1. The third-order valence-electron chi connectivity index (χ3n) is 6.61. The topological polar surface area (TPSA) is 66.8 Å². The quantitative estimate of drug-likeness (QED) is 0.230.